The molecule has 0 fully saturated rings. The summed E-state index contributed by atoms with van der Waals surface area (Å²) in [6.45, 7) is 0. The van der Waals surface area contributed by atoms with Gasteiger partial charge in [-0.15, -0.1) is 0 Å². The third-order valence-corrected chi connectivity index (χ3v) is 2.85. The van der Waals surface area contributed by atoms with E-state index in [1.54, 1.807) is 30.3 Å². The minimum absolute atomic E-state index is 0.241. The van der Waals surface area contributed by atoms with E-state index < -0.39 is 5.91 Å². The van der Waals surface area contributed by atoms with Gasteiger partial charge in [-0.05, 0) is 30.3 Å². The van der Waals surface area contributed by atoms with E-state index in [2.05, 4.69) is 15.9 Å². The number of benzene rings is 2. The number of nitrogen functional groups attached to an aromatic ring is 1. The fourth-order valence-corrected chi connectivity index (χ4v) is 1.88. The van der Waals surface area contributed by atoms with Crippen LogP contribution < -0.4 is 16.2 Å². The van der Waals surface area contributed by atoms with Crippen molar-refractivity contribution in [3.05, 3.63) is 52.5 Å². The molecule has 2 aromatic rings. The van der Waals surface area contributed by atoms with Gasteiger partial charge in [0.1, 0.15) is 5.75 Å². The van der Waals surface area contributed by atoms with Crippen LogP contribution in [-0.4, -0.2) is 5.91 Å². The number of nitrogens with two attached hydrogens (primary N) is 2. The molecule has 0 radical (unpaired) electrons. The predicted octanol–water partition coefficient (Wildman–Crippen LogP) is 2.92. The van der Waals surface area contributed by atoms with Gasteiger partial charge in [0, 0.05) is 4.47 Å². The fourth-order valence-electron chi connectivity index (χ4n) is 1.51. The molecule has 5 heteroatoms. The molecule has 0 bridgehead atoms. The van der Waals surface area contributed by atoms with E-state index in [9.17, 15) is 4.79 Å². The van der Waals surface area contributed by atoms with Gasteiger partial charge < -0.3 is 16.2 Å². The molecule has 4 nitrogen and oxygen atoms in total. The highest BCUT2D eigenvalue weighted by atomic mass is 79.9. The summed E-state index contributed by atoms with van der Waals surface area (Å²) < 4.78 is 6.51. The summed E-state index contributed by atoms with van der Waals surface area (Å²) in [7, 11) is 0. The Morgan fingerprint density at radius 3 is 2.56 bits per heavy atom. The van der Waals surface area contributed by atoms with Gasteiger partial charge in [0.25, 0.3) is 5.91 Å². The van der Waals surface area contributed by atoms with Crippen LogP contribution in [-0.2, 0) is 0 Å². The maximum Gasteiger partial charge on any atom is 0.250 e. The van der Waals surface area contributed by atoms with Crippen LogP contribution >= 0.6 is 15.9 Å². The highest BCUT2D eigenvalue weighted by molar-refractivity contribution is 9.10. The second-order valence-electron chi connectivity index (χ2n) is 3.64. The van der Waals surface area contributed by atoms with Crippen LogP contribution in [0, 0.1) is 0 Å². The van der Waals surface area contributed by atoms with Crippen LogP contribution in [0.5, 0.6) is 11.5 Å². The molecule has 0 aliphatic rings. The number of amides is 1. The number of carbonyl (C=O) groups excluding carboxylic acids is 1. The Hall–Kier alpha value is -2.01. The molecule has 18 heavy (non-hydrogen) atoms. The van der Waals surface area contributed by atoms with Crippen molar-refractivity contribution < 1.29 is 9.53 Å². The molecule has 2 aromatic carbocycles. The van der Waals surface area contributed by atoms with Gasteiger partial charge in [0.15, 0.2) is 5.75 Å². The fraction of sp³-hybridized carbons (Fsp3) is 0. The number of ether oxygens (including phenoxy) is 1. The van der Waals surface area contributed by atoms with Crippen molar-refractivity contribution in [2.45, 2.75) is 0 Å². The van der Waals surface area contributed by atoms with Crippen LogP contribution in [0.2, 0.25) is 0 Å². The summed E-state index contributed by atoms with van der Waals surface area (Å²) in [5, 5.41) is 0. The summed E-state index contributed by atoms with van der Waals surface area (Å²) in [6.07, 6.45) is 0. The summed E-state index contributed by atoms with van der Waals surface area (Å²) in [5.74, 6) is 0.453. The molecule has 2 rings (SSSR count). The van der Waals surface area contributed by atoms with Crippen LogP contribution in [0.15, 0.2) is 46.9 Å². The molecule has 0 saturated heterocycles. The van der Waals surface area contributed by atoms with E-state index in [-0.39, 0.29) is 11.3 Å². The Bertz CT molecular complexity index is 599. The molecule has 0 atom stereocenters. The first-order valence-corrected chi connectivity index (χ1v) is 5.99. The van der Waals surface area contributed by atoms with Crippen molar-refractivity contribution >= 4 is 27.5 Å². The van der Waals surface area contributed by atoms with Crippen molar-refractivity contribution in [3.8, 4) is 11.5 Å². The average Bonchev–Trinajstić information content (AvgIpc) is 2.31. The third kappa shape index (κ3) is 2.62. The van der Waals surface area contributed by atoms with Crippen molar-refractivity contribution in [3.63, 3.8) is 0 Å². The van der Waals surface area contributed by atoms with Crippen LogP contribution in [0.1, 0.15) is 10.4 Å². The molecule has 4 N–H and O–H groups in total. The number of carbonyl (C=O) groups is 1. The lowest BCUT2D eigenvalue weighted by Gasteiger charge is -2.10. The van der Waals surface area contributed by atoms with Gasteiger partial charge in [-0.25, -0.2) is 0 Å². The van der Waals surface area contributed by atoms with E-state index >= 15 is 0 Å². The Kier molecular flexibility index (Phi) is 3.53. The Morgan fingerprint density at radius 2 is 1.89 bits per heavy atom. The molecule has 0 aliphatic heterocycles. The first-order chi connectivity index (χ1) is 8.58. The lowest BCUT2D eigenvalue weighted by molar-refractivity contribution is 0.100. The topological polar surface area (TPSA) is 78.3 Å². The van der Waals surface area contributed by atoms with Crippen LogP contribution in [0.3, 0.4) is 0 Å². The van der Waals surface area contributed by atoms with E-state index in [1.807, 2.05) is 12.1 Å². The minimum Gasteiger partial charge on any atom is -0.455 e. The molecule has 1 amide bonds. The number of primary amides is 1. The maximum absolute atomic E-state index is 11.2. The molecule has 0 heterocycles. The zero-order valence-electron chi connectivity index (χ0n) is 9.39. The van der Waals surface area contributed by atoms with Crippen molar-refractivity contribution in [2.75, 3.05) is 5.73 Å². The number of halogens is 1. The second-order valence-corrected chi connectivity index (χ2v) is 4.56. The van der Waals surface area contributed by atoms with Gasteiger partial charge in [-0.3, -0.25) is 4.79 Å². The number of para-hydroxylation sites is 1. The standard InChI is InChI=1S/C13H11BrN2O2/c14-8-3-1-4-9(7-8)18-11-6-2-5-10(12(11)15)13(16)17/h1-7H,15H2,(H2,16,17). The van der Waals surface area contributed by atoms with Crippen molar-refractivity contribution in [2.24, 2.45) is 5.73 Å². The average molecular weight is 307 g/mol. The monoisotopic (exact) mass is 306 g/mol. The van der Waals surface area contributed by atoms with Crippen molar-refractivity contribution in [1.29, 1.82) is 0 Å². The smallest absolute Gasteiger partial charge is 0.250 e. The zero-order valence-corrected chi connectivity index (χ0v) is 11.0. The van der Waals surface area contributed by atoms with Crippen LogP contribution in [0.4, 0.5) is 5.69 Å². The molecular formula is C13H11BrN2O2. The van der Waals surface area contributed by atoms with Gasteiger partial charge in [-0.1, -0.05) is 28.1 Å². The van der Waals surface area contributed by atoms with E-state index in [4.69, 9.17) is 16.2 Å². The quantitative estimate of drug-likeness (QED) is 0.856. The Balaban J connectivity index is 2.35. The third-order valence-electron chi connectivity index (χ3n) is 2.36. The summed E-state index contributed by atoms with van der Waals surface area (Å²) in [4.78, 5) is 11.2. The Labute approximate surface area is 113 Å². The van der Waals surface area contributed by atoms with Gasteiger partial charge in [-0.2, -0.15) is 0 Å². The summed E-state index contributed by atoms with van der Waals surface area (Å²) >= 11 is 3.35. The summed E-state index contributed by atoms with van der Waals surface area (Å²) in [6, 6.07) is 12.2. The molecule has 0 aliphatic carbocycles. The maximum atomic E-state index is 11.2. The lowest BCUT2D eigenvalue weighted by atomic mass is 10.1. The first-order valence-electron chi connectivity index (χ1n) is 5.19. The molecule has 0 spiro atoms. The number of hydrogen-bond donors (Lipinski definition) is 2. The van der Waals surface area contributed by atoms with Gasteiger partial charge in [0.2, 0.25) is 0 Å². The van der Waals surface area contributed by atoms with E-state index in [1.165, 1.54) is 0 Å². The Morgan fingerprint density at radius 1 is 1.17 bits per heavy atom. The minimum atomic E-state index is -0.577. The molecule has 0 saturated carbocycles. The second kappa shape index (κ2) is 5.10. The summed E-state index contributed by atoms with van der Waals surface area (Å²) in [5.41, 5.74) is 11.5. The molecular weight excluding hydrogens is 296 g/mol. The van der Waals surface area contributed by atoms with Gasteiger partial charge >= 0.3 is 0 Å². The largest absolute Gasteiger partial charge is 0.455 e. The van der Waals surface area contributed by atoms with E-state index in [0.717, 1.165) is 4.47 Å². The highest BCUT2D eigenvalue weighted by Gasteiger charge is 2.10. The zero-order chi connectivity index (χ0) is 13.1. The molecule has 0 aromatic heterocycles. The number of hydrogen-bond acceptors (Lipinski definition) is 3. The van der Waals surface area contributed by atoms with E-state index in [0.29, 0.717) is 11.5 Å². The lowest BCUT2D eigenvalue weighted by Crippen LogP contribution is -2.13. The van der Waals surface area contributed by atoms with Crippen molar-refractivity contribution in [1.82, 2.24) is 0 Å². The van der Waals surface area contributed by atoms with Gasteiger partial charge in [0.05, 0.1) is 11.3 Å². The SMILES string of the molecule is NC(=O)c1cccc(Oc2cccc(Br)c2)c1N. The molecule has 92 valence electrons. The van der Waals surface area contributed by atoms with Crippen LogP contribution in [0.25, 0.3) is 0 Å². The normalized spacial score (nSPS) is 10.1. The number of rotatable bonds is 3. The predicted molar refractivity (Wildman–Crippen MR) is 73.6 cm³/mol. The molecule has 0 unspecified atom stereocenters. The first kappa shape index (κ1) is 12.4. The number of anilines is 1. The highest BCUT2D eigenvalue weighted by Crippen LogP contribution is 2.30.